The molecule has 3 aromatic heterocycles. The number of rotatable bonds is 12. The smallest absolute Gasteiger partial charge is 0.293 e. The van der Waals surface area contributed by atoms with Crippen molar-refractivity contribution in [2.24, 2.45) is 0 Å². The number of hydrogen-bond acceptors (Lipinski definition) is 6. The zero-order chi connectivity index (χ0) is 25.4. The Bertz CT molecular complexity index is 1250. The summed E-state index contributed by atoms with van der Waals surface area (Å²) >= 11 is 6.04. The van der Waals surface area contributed by atoms with Crippen molar-refractivity contribution in [1.82, 2.24) is 25.1 Å². The lowest BCUT2D eigenvalue weighted by Crippen LogP contribution is -2.45. The largest absolute Gasteiger partial charge is 0.362 e. The van der Waals surface area contributed by atoms with E-state index < -0.39 is 6.17 Å². The van der Waals surface area contributed by atoms with Crippen LogP contribution in [0.15, 0.2) is 47.0 Å². The quantitative estimate of drug-likeness (QED) is 0.260. The van der Waals surface area contributed by atoms with Gasteiger partial charge in [0.2, 0.25) is 12.4 Å². The van der Waals surface area contributed by atoms with Crippen molar-refractivity contribution in [2.75, 3.05) is 25.5 Å². The molecule has 0 aliphatic rings. The number of nitrogens with one attached hydrogen (secondary N) is 3. The SMILES string of the molecule is C=Cc1n[nH]c(CNCCn2c(C)cnc(NCC(F)c3cccc[n+]3OC)c2=O)c1/C=C(\C)Cl. The van der Waals surface area contributed by atoms with Crippen LogP contribution in [0, 0.1) is 6.92 Å². The molecule has 0 aliphatic heterocycles. The lowest BCUT2D eigenvalue weighted by atomic mass is 10.1. The van der Waals surface area contributed by atoms with Crippen LogP contribution >= 0.6 is 11.6 Å². The second-order valence-corrected chi connectivity index (χ2v) is 8.40. The lowest BCUT2D eigenvalue weighted by Gasteiger charge is -2.13. The molecule has 3 aromatic rings. The first kappa shape index (κ1) is 26.1. The van der Waals surface area contributed by atoms with E-state index in [1.165, 1.54) is 11.8 Å². The predicted molar refractivity (Wildman–Crippen MR) is 135 cm³/mol. The van der Waals surface area contributed by atoms with Gasteiger partial charge in [-0.05, 0) is 32.1 Å². The molecule has 0 saturated carbocycles. The molecule has 3 heterocycles. The Hall–Kier alpha value is -3.50. The van der Waals surface area contributed by atoms with Gasteiger partial charge in [0.25, 0.3) is 11.3 Å². The van der Waals surface area contributed by atoms with E-state index in [1.54, 1.807) is 55.1 Å². The maximum Gasteiger partial charge on any atom is 0.293 e. The van der Waals surface area contributed by atoms with E-state index in [9.17, 15) is 9.18 Å². The molecule has 0 aromatic carbocycles. The van der Waals surface area contributed by atoms with Gasteiger partial charge in [-0.15, -0.1) is 0 Å². The highest BCUT2D eigenvalue weighted by Gasteiger charge is 2.23. The second kappa shape index (κ2) is 12.3. The van der Waals surface area contributed by atoms with Crippen molar-refractivity contribution in [3.8, 4) is 0 Å². The summed E-state index contributed by atoms with van der Waals surface area (Å²) in [4.78, 5) is 22.3. The van der Waals surface area contributed by atoms with E-state index in [0.29, 0.717) is 36.1 Å². The van der Waals surface area contributed by atoms with Gasteiger partial charge in [-0.25, -0.2) is 9.37 Å². The molecular formula is C24H30ClFN7O2+. The first-order valence-electron chi connectivity index (χ1n) is 11.1. The lowest BCUT2D eigenvalue weighted by molar-refractivity contribution is -0.892. The zero-order valence-electron chi connectivity index (χ0n) is 20.0. The van der Waals surface area contributed by atoms with Gasteiger partial charge in [-0.3, -0.25) is 14.7 Å². The summed E-state index contributed by atoms with van der Waals surface area (Å²) in [5.74, 6) is 0.0901. The van der Waals surface area contributed by atoms with E-state index in [-0.39, 0.29) is 17.9 Å². The third-order valence-electron chi connectivity index (χ3n) is 5.34. The van der Waals surface area contributed by atoms with Crippen molar-refractivity contribution >= 4 is 29.6 Å². The Kier molecular flexibility index (Phi) is 9.16. The normalized spacial score (nSPS) is 12.4. The molecule has 0 radical (unpaired) electrons. The van der Waals surface area contributed by atoms with Crippen molar-refractivity contribution in [1.29, 1.82) is 0 Å². The minimum Gasteiger partial charge on any atom is -0.362 e. The topological polar surface area (TPSA) is 101 Å². The summed E-state index contributed by atoms with van der Waals surface area (Å²) < 4.78 is 17.7. The molecule has 0 fully saturated rings. The average Bonchev–Trinajstić information content (AvgIpc) is 3.23. The van der Waals surface area contributed by atoms with Gasteiger partial charge < -0.3 is 15.2 Å². The molecule has 0 aliphatic carbocycles. The summed E-state index contributed by atoms with van der Waals surface area (Å²) in [5.41, 5.74) is 3.18. The standard InChI is InChI=1S/C24H30ClFN7O2/c1-5-20-18(12-16(2)25)21(31-30-20)15-27-9-11-32-17(3)13-28-23(24(32)34)29-14-19(26)22-8-6-7-10-33(22)35-4/h5-8,10,12-13,19,27H,1,9,11,14-15H2,2-4H3,(H,28,29)(H,30,31)/q+1/b16-12+. The van der Waals surface area contributed by atoms with Crippen LogP contribution in [0.25, 0.3) is 12.2 Å². The van der Waals surface area contributed by atoms with Crippen LogP contribution in [0.4, 0.5) is 10.2 Å². The number of halogens is 2. The highest BCUT2D eigenvalue weighted by atomic mass is 35.5. The molecule has 1 unspecified atom stereocenters. The number of hydrogen-bond donors (Lipinski definition) is 3. The van der Waals surface area contributed by atoms with E-state index in [1.807, 2.05) is 6.08 Å². The van der Waals surface area contributed by atoms with Gasteiger partial charge in [0.05, 0.1) is 17.9 Å². The van der Waals surface area contributed by atoms with Crippen molar-refractivity contribution in [3.05, 3.63) is 80.9 Å². The van der Waals surface area contributed by atoms with E-state index >= 15 is 0 Å². The third-order valence-corrected chi connectivity index (χ3v) is 5.45. The van der Waals surface area contributed by atoms with Crippen LogP contribution in [-0.2, 0) is 13.1 Å². The highest BCUT2D eigenvalue weighted by molar-refractivity contribution is 6.31. The number of nitrogens with zero attached hydrogens (tertiary/aromatic N) is 4. The van der Waals surface area contributed by atoms with E-state index in [4.69, 9.17) is 16.4 Å². The fourth-order valence-corrected chi connectivity index (χ4v) is 3.68. The number of aromatic amines is 1. The molecule has 1 atom stereocenters. The van der Waals surface area contributed by atoms with Crippen LogP contribution in [-0.4, -0.2) is 39.9 Å². The molecule has 186 valence electrons. The number of allylic oxidation sites excluding steroid dienone is 1. The number of alkyl halides is 1. The Morgan fingerprint density at radius 2 is 2.26 bits per heavy atom. The molecule has 3 N–H and O–H groups in total. The molecule has 0 bridgehead atoms. The fraction of sp³-hybridized carbons (Fsp3) is 0.333. The minimum atomic E-state index is -1.40. The monoisotopic (exact) mass is 502 g/mol. The van der Waals surface area contributed by atoms with Crippen LogP contribution in [0.5, 0.6) is 0 Å². The average molecular weight is 503 g/mol. The van der Waals surface area contributed by atoms with Gasteiger partial charge in [0.15, 0.2) is 5.82 Å². The molecule has 9 nitrogen and oxygen atoms in total. The number of aromatic nitrogens is 5. The Balaban J connectivity index is 1.63. The summed E-state index contributed by atoms with van der Waals surface area (Å²) in [5, 5.41) is 14.0. The van der Waals surface area contributed by atoms with Crippen molar-refractivity contribution in [2.45, 2.75) is 33.1 Å². The fourth-order valence-electron chi connectivity index (χ4n) is 3.57. The van der Waals surface area contributed by atoms with Gasteiger partial charge in [-0.1, -0.05) is 18.2 Å². The summed E-state index contributed by atoms with van der Waals surface area (Å²) in [6.45, 7) is 8.67. The van der Waals surface area contributed by atoms with Gasteiger partial charge in [-0.2, -0.15) is 5.10 Å². The Labute approximate surface area is 208 Å². The first-order valence-corrected chi connectivity index (χ1v) is 11.5. The number of pyridine rings is 1. The maximum absolute atomic E-state index is 14.8. The third kappa shape index (κ3) is 6.55. The summed E-state index contributed by atoms with van der Waals surface area (Å²) in [6.07, 6.45) is 5.30. The Morgan fingerprint density at radius 1 is 1.46 bits per heavy atom. The molecular weight excluding hydrogens is 473 g/mol. The number of anilines is 1. The van der Waals surface area contributed by atoms with E-state index in [0.717, 1.165) is 17.0 Å². The van der Waals surface area contributed by atoms with Crippen molar-refractivity contribution in [3.63, 3.8) is 0 Å². The molecule has 0 saturated heterocycles. The van der Waals surface area contributed by atoms with Gasteiger partial charge >= 0.3 is 0 Å². The van der Waals surface area contributed by atoms with Crippen molar-refractivity contribution < 1.29 is 14.0 Å². The van der Waals surface area contributed by atoms with Crippen LogP contribution < -0.4 is 25.8 Å². The molecule has 11 heteroatoms. The maximum atomic E-state index is 14.8. The van der Waals surface area contributed by atoms with Crippen LogP contribution in [0.2, 0.25) is 0 Å². The molecule has 3 rings (SSSR count). The van der Waals surface area contributed by atoms with Gasteiger partial charge in [0.1, 0.15) is 7.11 Å². The minimum absolute atomic E-state index is 0.0901. The second-order valence-electron chi connectivity index (χ2n) is 7.80. The summed E-state index contributed by atoms with van der Waals surface area (Å²) in [7, 11) is 1.46. The predicted octanol–water partition coefficient (Wildman–Crippen LogP) is 2.78. The van der Waals surface area contributed by atoms with Crippen LogP contribution in [0.3, 0.4) is 0 Å². The van der Waals surface area contributed by atoms with E-state index in [2.05, 4.69) is 32.4 Å². The molecule has 0 spiro atoms. The highest BCUT2D eigenvalue weighted by Crippen LogP contribution is 2.18. The molecule has 35 heavy (non-hydrogen) atoms. The van der Waals surface area contributed by atoms with Crippen LogP contribution in [0.1, 0.15) is 41.4 Å². The van der Waals surface area contributed by atoms with Gasteiger partial charge in [0, 0.05) is 59.0 Å². The number of aryl methyl sites for hydroxylation is 1. The molecule has 0 amide bonds. The Morgan fingerprint density at radius 3 is 2.97 bits per heavy atom. The number of H-pyrrole nitrogens is 1. The summed E-state index contributed by atoms with van der Waals surface area (Å²) in [6, 6.07) is 5.08. The zero-order valence-corrected chi connectivity index (χ0v) is 20.8. The first-order chi connectivity index (χ1) is 16.8.